The van der Waals surface area contributed by atoms with Gasteiger partial charge in [0.2, 0.25) is 5.91 Å². The number of fused-ring (bicyclic) bond motifs is 1. The van der Waals surface area contributed by atoms with Crippen LogP contribution in [0.25, 0.3) is 0 Å². The van der Waals surface area contributed by atoms with Gasteiger partial charge >= 0.3 is 0 Å². The minimum Gasteiger partial charge on any atom is -0.486 e. The van der Waals surface area contributed by atoms with Crippen molar-refractivity contribution in [2.24, 2.45) is 5.73 Å². The second kappa shape index (κ2) is 3.81. The summed E-state index contributed by atoms with van der Waals surface area (Å²) in [6, 6.07) is 5.91. The lowest BCUT2D eigenvalue weighted by atomic mass is 10.1. The maximum absolute atomic E-state index is 10.8. The van der Waals surface area contributed by atoms with E-state index in [-0.39, 0.29) is 18.4 Å². The van der Waals surface area contributed by atoms with Gasteiger partial charge in [-0.3, -0.25) is 4.79 Å². The molecule has 1 aromatic carbocycles. The van der Waals surface area contributed by atoms with E-state index in [9.17, 15) is 4.79 Å². The van der Waals surface area contributed by atoms with Crippen molar-refractivity contribution < 1.29 is 9.53 Å². The van der Waals surface area contributed by atoms with E-state index in [2.05, 4.69) is 5.32 Å². The molecule has 15 heavy (non-hydrogen) atoms. The van der Waals surface area contributed by atoms with E-state index < -0.39 is 0 Å². The Labute approximate surface area is 88.4 Å². The van der Waals surface area contributed by atoms with Gasteiger partial charge in [-0.25, -0.2) is 0 Å². The zero-order chi connectivity index (χ0) is 10.8. The molecule has 1 atom stereocenters. The monoisotopic (exact) mass is 206 g/mol. The number of amides is 1. The van der Waals surface area contributed by atoms with Crippen molar-refractivity contribution in [3.05, 3.63) is 23.8 Å². The summed E-state index contributed by atoms with van der Waals surface area (Å²) in [4.78, 5) is 10.8. The summed E-state index contributed by atoms with van der Waals surface area (Å²) in [5.74, 6) is 0.494. The number of benzene rings is 1. The Hall–Kier alpha value is -1.71. The molecule has 0 fully saturated rings. The van der Waals surface area contributed by atoms with E-state index in [0.29, 0.717) is 6.54 Å². The molecule has 3 N–H and O–H groups in total. The maximum Gasteiger partial charge on any atom is 0.221 e. The number of rotatable bonds is 2. The summed E-state index contributed by atoms with van der Waals surface area (Å²) < 4.78 is 5.71. The summed E-state index contributed by atoms with van der Waals surface area (Å²) in [7, 11) is 0. The first-order valence-electron chi connectivity index (χ1n) is 4.95. The van der Waals surface area contributed by atoms with Crippen molar-refractivity contribution in [1.29, 1.82) is 0 Å². The van der Waals surface area contributed by atoms with Crippen LogP contribution in [0.3, 0.4) is 0 Å². The number of aryl methyl sites for hydroxylation is 1. The number of nitrogens with one attached hydrogen (secondary N) is 1. The molecular formula is C11H14N2O2. The normalized spacial score (nSPS) is 18.6. The first-order chi connectivity index (χ1) is 7.16. The molecule has 4 heteroatoms. The predicted octanol–water partition coefficient (Wildman–Crippen LogP) is 1.04. The van der Waals surface area contributed by atoms with Crippen molar-refractivity contribution in [2.75, 3.05) is 11.9 Å². The maximum atomic E-state index is 10.8. The second-order valence-electron chi connectivity index (χ2n) is 3.74. The van der Waals surface area contributed by atoms with E-state index in [4.69, 9.17) is 10.5 Å². The molecule has 1 aliphatic rings. The number of hydrogen-bond donors (Lipinski definition) is 2. The lowest BCUT2D eigenvalue weighted by molar-refractivity contribution is -0.119. The lowest BCUT2D eigenvalue weighted by Gasteiger charge is -2.27. The fourth-order valence-corrected chi connectivity index (χ4v) is 1.72. The highest BCUT2D eigenvalue weighted by molar-refractivity contribution is 5.74. The van der Waals surface area contributed by atoms with Crippen LogP contribution in [-0.2, 0) is 4.79 Å². The van der Waals surface area contributed by atoms with Gasteiger partial charge in [-0.2, -0.15) is 0 Å². The molecule has 0 aliphatic carbocycles. The second-order valence-corrected chi connectivity index (χ2v) is 3.74. The number of para-hydroxylation sites is 1. The number of carbonyl (C=O) groups is 1. The van der Waals surface area contributed by atoms with Gasteiger partial charge in [0.15, 0.2) is 0 Å². The average molecular weight is 206 g/mol. The lowest BCUT2D eigenvalue weighted by Crippen LogP contribution is -2.34. The third-order valence-electron chi connectivity index (χ3n) is 2.45. The molecule has 0 saturated carbocycles. The number of nitrogens with two attached hydrogens (primary N) is 1. The molecule has 1 aliphatic heterocycles. The Balaban J connectivity index is 2.18. The van der Waals surface area contributed by atoms with Gasteiger partial charge < -0.3 is 15.8 Å². The third kappa shape index (κ3) is 2.03. The van der Waals surface area contributed by atoms with Crippen LogP contribution in [0.5, 0.6) is 5.75 Å². The van der Waals surface area contributed by atoms with Crippen LogP contribution in [-0.4, -0.2) is 18.6 Å². The van der Waals surface area contributed by atoms with Gasteiger partial charge in [0, 0.05) is 0 Å². The molecule has 0 saturated heterocycles. The molecule has 80 valence electrons. The first-order valence-corrected chi connectivity index (χ1v) is 4.95. The van der Waals surface area contributed by atoms with Crippen LogP contribution >= 0.6 is 0 Å². The number of primary amides is 1. The van der Waals surface area contributed by atoms with E-state index >= 15 is 0 Å². The van der Waals surface area contributed by atoms with Crippen LogP contribution in [0, 0.1) is 6.92 Å². The Morgan fingerprint density at radius 3 is 3.20 bits per heavy atom. The van der Waals surface area contributed by atoms with Crippen LogP contribution in [0.15, 0.2) is 18.2 Å². The highest BCUT2D eigenvalue weighted by Gasteiger charge is 2.21. The first kappa shape index (κ1) is 9.83. The molecule has 1 amide bonds. The highest BCUT2D eigenvalue weighted by atomic mass is 16.5. The average Bonchev–Trinajstić information content (AvgIpc) is 2.18. The zero-order valence-electron chi connectivity index (χ0n) is 8.62. The van der Waals surface area contributed by atoms with Crippen LogP contribution in [0.4, 0.5) is 5.69 Å². The summed E-state index contributed by atoms with van der Waals surface area (Å²) >= 11 is 0. The SMILES string of the molecule is Cc1cccc2c1OC(CC(N)=O)CN2. The molecule has 1 unspecified atom stereocenters. The summed E-state index contributed by atoms with van der Waals surface area (Å²) in [5, 5.41) is 3.23. The van der Waals surface area contributed by atoms with Crippen LogP contribution in [0.2, 0.25) is 0 Å². The van der Waals surface area contributed by atoms with Crippen molar-refractivity contribution in [3.8, 4) is 5.75 Å². The van der Waals surface area contributed by atoms with Crippen molar-refractivity contribution in [1.82, 2.24) is 0 Å². The molecular weight excluding hydrogens is 192 g/mol. The standard InChI is InChI=1S/C11H14N2O2/c1-7-3-2-4-9-11(7)15-8(6-13-9)5-10(12)14/h2-4,8,13H,5-6H2,1H3,(H2,12,14). The van der Waals surface area contributed by atoms with Crippen LogP contribution in [0.1, 0.15) is 12.0 Å². The van der Waals surface area contributed by atoms with Crippen molar-refractivity contribution >= 4 is 11.6 Å². The summed E-state index contributed by atoms with van der Waals surface area (Å²) in [6.07, 6.45) is 0.0944. The Morgan fingerprint density at radius 1 is 1.67 bits per heavy atom. The minimum absolute atomic E-state index is 0.156. The van der Waals surface area contributed by atoms with E-state index in [1.165, 1.54) is 0 Å². The molecule has 2 rings (SSSR count). The zero-order valence-corrected chi connectivity index (χ0v) is 8.62. The van der Waals surface area contributed by atoms with Gasteiger partial charge in [0.25, 0.3) is 0 Å². The van der Waals surface area contributed by atoms with Gasteiger partial charge in [-0.1, -0.05) is 12.1 Å². The fourth-order valence-electron chi connectivity index (χ4n) is 1.72. The van der Waals surface area contributed by atoms with Gasteiger partial charge in [-0.05, 0) is 18.6 Å². The Bertz CT molecular complexity index is 390. The number of carbonyl (C=O) groups excluding carboxylic acids is 1. The fraction of sp³-hybridized carbons (Fsp3) is 0.364. The topological polar surface area (TPSA) is 64.3 Å². The van der Waals surface area contributed by atoms with E-state index in [0.717, 1.165) is 17.0 Å². The van der Waals surface area contributed by atoms with Gasteiger partial charge in [-0.15, -0.1) is 0 Å². The van der Waals surface area contributed by atoms with Gasteiger partial charge in [0.05, 0.1) is 18.7 Å². The number of ether oxygens (including phenoxy) is 1. The Morgan fingerprint density at radius 2 is 2.47 bits per heavy atom. The summed E-state index contributed by atoms with van der Waals surface area (Å²) in [6.45, 7) is 2.60. The highest BCUT2D eigenvalue weighted by Crippen LogP contribution is 2.32. The molecule has 0 spiro atoms. The van der Waals surface area contributed by atoms with Gasteiger partial charge in [0.1, 0.15) is 11.9 Å². The predicted molar refractivity (Wildman–Crippen MR) is 57.9 cm³/mol. The van der Waals surface area contributed by atoms with Crippen molar-refractivity contribution in [3.63, 3.8) is 0 Å². The number of hydrogen-bond acceptors (Lipinski definition) is 3. The molecule has 4 nitrogen and oxygen atoms in total. The largest absolute Gasteiger partial charge is 0.486 e. The molecule has 1 aromatic rings. The van der Waals surface area contributed by atoms with Crippen LogP contribution < -0.4 is 15.8 Å². The Kier molecular flexibility index (Phi) is 2.49. The number of anilines is 1. The third-order valence-corrected chi connectivity index (χ3v) is 2.45. The minimum atomic E-state index is -0.334. The smallest absolute Gasteiger partial charge is 0.221 e. The quantitative estimate of drug-likeness (QED) is 0.760. The van der Waals surface area contributed by atoms with E-state index in [1.807, 2.05) is 25.1 Å². The van der Waals surface area contributed by atoms with Crippen molar-refractivity contribution in [2.45, 2.75) is 19.4 Å². The molecule has 0 radical (unpaired) electrons. The molecule has 0 bridgehead atoms. The summed E-state index contributed by atoms with van der Waals surface area (Å²) in [5.41, 5.74) is 7.18. The molecule has 1 heterocycles. The van der Waals surface area contributed by atoms with E-state index in [1.54, 1.807) is 0 Å². The molecule has 0 aromatic heterocycles.